The number of hydrogen-bond acceptors (Lipinski definition) is 4. The normalized spacial score (nSPS) is 20.6. The second kappa shape index (κ2) is 4.28. The number of urea groups is 1. The Hall–Kier alpha value is -1.30. The van der Waals surface area contributed by atoms with Crippen molar-refractivity contribution < 1.29 is 19.1 Å². The van der Waals surface area contributed by atoms with E-state index in [0.717, 1.165) is 4.90 Å². The minimum Gasteiger partial charge on any atom is -0.467 e. The molecule has 6 nitrogen and oxygen atoms in total. The first-order valence-electron chi connectivity index (χ1n) is 3.84. The fraction of sp³-hybridized carbons (Fsp3) is 0.571. The Kier molecular flexibility index (Phi) is 3.29. The van der Waals surface area contributed by atoms with Gasteiger partial charge >= 0.3 is 12.0 Å². The lowest BCUT2D eigenvalue weighted by Gasteiger charge is -2.09. The zero-order valence-electron chi connectivity index (χ0n) is 7.45. The van der Waals surface area contributed by atoms with Gasteiger partial charge in [-0.2, -0.15) is 0 Å². The van der Waals surface area contributed by atoms with Crippen LogP contribution in [-0.2, 0) is 14.3 Å². The van der Waals surface area contributed by atoms with E-state index in [2.05, 4.69) is 10.1 Å². The summed E-state index contributed by atoms with van der Waals surface area (Å²) in [6.07, 6.45) is 0. The summed E-state index contributed by atoms with van der Waals surface area (Å²) in [5, 5.41) is 2.30. The van der Waals surface area contributed by atoms with E-state index in [9.17, 15) is 14.4 Å². The highest BCUT2D eigenvalue weighted by Crippen LogP contribution is 2.06. The van der Waals surface area contributed by atoms with Crippen molar-refractivity contribution in [3.05, 3.63) is 0 Å². The number of halogens is 1. The number of nitrogens with zero attached hydrogens (tertiary/aromatic N) is 1. The lowest BCUT2D eigenvalue weighted by molar-refractivity contribution is -0.142. The van der Waals surface area contributed by atoms with Gasteiger partial charge in [0.25, 0.3) is 0 Å². The molecule has 0 aliphatic carbocycles. The summed E-state index contributed by atoms with van der Waals surface area (Å²) in [5.74, 6) is -1.40. The Morgan fingerprint density at radius 3 is 2.86 bits per heavy atom. The number of ether oxygens (including phenoxy) is 1. The monoisotopic (exact) mass is 220 g/mol. The summed E-state index contributed by atoms with van der Waals surface area (Å²) in [6.45, 7) is -0.0307. The van der Waals surface area contributed by atoms with Crippen LogP contribution in [0.4, 0.5) is 4.79 Å². The summed E-state index contributed by atoms with van der Waals surface area (Å²) in [6, 6.07) is -1.41. The molecule has 1 fully saturated rings. The molecule has 1 aliphatic rings. The molecule has 0 saturated carbocycles. The van der Waals surface area contributed by atoms with Crippen molar-refractivity contribution in [3.8, 4) is 0 Å². The highest BCUT2D eigenvalue weighted by Gasteiger charge is 2.37. The molecule has 1 saturated heterocycles. The first kappa shape index (κ1) is 10.8. The quantitative estimate of drug-likeness (QED) is 0.494. The molecule has 0 unspecified atom stereocenters. The van der Waals surface area contributed by atoms with Gasteiger partial charge in [0.15, 0.2) is 0 Å². The van der Waals surface area contributed by atoms with Crippen LogP contribution in [0.1, 0.15) is 0 Å². The van der Waals surface area contributed by atoms with Gasteiger partial charge in [-0.15, -0.1) is 11.6 Å². The van der Waals surface area contributed by atoms with E-state index in [-0.39, 0.29) is 12.4 Å². The standard InChI is InChI=1S/C7H9ClN2O4/c1-14-6(12)4-3-10(5(11)2-8)7(13)9-4/h4H,2-3H2,1H3,(H,9,13)/t4-/m0/s1. The molecule has 1 aliphatic heterocycles. The third-order valence-corrected chi connectivity index (χ3v) is 2.04. The first-order chi connectivity index (χ1) is 6.60. The van der Waals surface area contributed by atoms with E-state index in [1.165, 1.54) is 7.11 Å². The van der Waals surface area contributed by atoms with Gasteiger partial charge in [-0.3, -0.25) is 9.69 Å². The van der Waals surface area contributed by atoms with Crippen LogP contribution in [0.3, 0.4) is 0 Å². The number of methoxy groups -OCH3 is 1. The summed E-state index contributed by atoms with van der Waals surface area (Å²) >= 11 is 5.27. The minimum absolute atomic E-state index is 0.0307. The van der Waals surface area contributed by atoms with Gasteiger partial charge in [-0.05, 0) is 0 Å². The zero-order valence-corrected chi connectivity index (χ0v) is 8.21. The molecule has 0 radical (unpaired) electrons. The Morgan fingerprint density at radius 1 is 1.71 bits per heavy atom. The van der Waals surface area contributed by atoms with E-state index in [1.54, 1.807) is 0 Å². The van der Waals surface area contributed by atoms with Gasteiger partial charge in [0, 0.05) is 0 Å². The van der Waals surface area contributed by atoms with Gasteiger partial charge in [-0.1, -0.05) is 0 Å². The minimum atomic E-state index is -0.792. The molecule has 0 aromatic heterocycles. The maximum absolute atomic E-state index is 11.1. The molecule has 3 amide bonds. The summed E-state index contributed by atoms with van der Waals surface area (Å²) in [4.78, 5) is 34.1. The highest BCUT2D eigenvalue weighted by molar-refractivity contribution is 6.28. The van der Waals surface area contributed by atoms with Crippen molar-refractivity contribution in [3.63, 3.8) is 0 Å². The van der Waals surface area contributed by atoms with Crippen molar-refractivity contribution in [1.29, 1.82) is 0 Å². The number of esters is 1. The Morgan fingerprint density at radius 2 is 2.36 bits per heavy atom. The summed E-state index contributed by atoms with van der Waals surface area (Å²) < 4.78 is 4.42. The smallest absolute Gasteiger partial charge is 0.330 e. The largest absolute Gasteiger partial charge is 0.467 e. The van der Waals surface area contributed by atoms with Gasteiger partial charge in [0.1, 0.15) is 11.9 Å². The first-order valence-corrected chi connectivity index (χ1v) is 4.38. The molecule has 1 rings (SSSR count). The Labute approximate surface area is 85.1 Å². The molecule has 14 heavy (non-hydrogen) atoms. The number of hydrogen-bond donors (Lipinski definition) is 1. The molecular formula is C7H9ClN2O4. The molecule has 0 bridgehead atoms. The fourth-order valence-corrected chi connectivity index (χ4v) is 1.25. The van der Waals surface area contributed by atoms with E-state index in [0.29, 0.717) is 0 Å². The molecular weight excluding hydrogens is 212 g/mol. The van der Waals surface area contributed by atoms with Crippen LogP contribution in [0.5, 0.6) is 0 Å². The average Bonchev–Trinajstić information content (AvgIpc) is 2.58. The van der Waals surface area contributed by atoms with Gasteiger partial charge in [0.05, 0.1) is 13.7 Å². The zero-order chi connectivity index (χ0) is 10.7. The highest BCUT2D eigenvalue weighted by atomic mass is 35.5. The molecule has 1 N–H and O–H groups in total. The maximum Gasteiger partial charge on any atom is 0.330 e. The lowest BCUT2D eigenvalue weighted by atomic mass is 10.3. The molecule has 0 spiro atoms. The summed E-state index contributed by atoms with van der Waals surface area (Å²) in [5.41, 5.74) is 0. The average molecular weight is 221 g/mol. The van der Waals surface area contributed by atoms with Crippen molar-refractivity contribution in [2.45, 2.75) is 6.04 Å². The van der Waals surface area contributed by atoms with Crippen LogP contribution in [-0.4, -0.2) is 48.4 Å². The predicted octanol–water partition coefficient (Wildman–Crippen LogP) is -0.681. The van der Waals surface area contributed by atoms with Crippen LogP contribution in [0.15, 0.2) is 0 Å². The summed E-state index contributed by atoms with van der Waals surface area (Å²) in [7, 11) is 1.21. The Bertz CT molecular complexity index is 281. The Balaban J connectivity index is 2.64. The number of carbonyl (C=O) groups is 3. The van der Waals surface area contributed by atoms with Crippen LogP contribution in [0, 0.1) is 0 Å². The number of nitrogens with one attached hydrogen (secondary N) is 1. The second-order valence-corrected chi connectivity index (χ2v) is 2.93. The van der Waals surface area contributed by atoms with E-state index >= 15 is 0 Å². The third-order valence-electron chi connectivity index (χ3n) is 1.81. The molecule has 1 heterocycles. The predicted molar refractivity (Wildman–Crippen MR) is 46.8 cm³/mol. The second-order valence-electron chi connectivity index (χ2n) is 2.66. The van der Waals surface area contributed by atoms with Crippen molar-refractivity contribution in [2.75, 3.05) is 19.5 Å². The van der Waals surface area contributed by atoms with Crippen LogP contribution < -0.4 is 5.32 Å². The van der Waals surface area contributed by atoms with Crippen molar-refractivity contribution >= 4 is 29.5 Å². The van der Waals surface area contributed by atoms with Gasteiger partial charge in [-0.25, -0.2) is 9.59 Å². The van der Waals surface area contributed by atoms with Crippen molar-refractivity contribution in [1.82, 2.24) is 10.2 Å². The van der Waals surface area contributed by atoms with Gasteiger partial charge in [0.2, 0.25) is 5.91 Å². The topological polar surface area (TPSA) is 75.7 Å². The van der Waals surface area contributed by atoms with Crippen molar-refractivity contribution in [2.24, 2.45) is 0 Å². The number of rotatable bonds is 2. The molecule has 0 aromatic rings. The van der Waals surface area contributed by atoms with E-state index < -0.39 is 23.9 Å². The number of carbonyl (C=O) groups excluding carboxylic acids is 3. The third kappa shape index (κ3) is 1.95. The van der Waals surface area contributed by atoms with E-state index in [1.807, 2.05) is 0 Å². The number of alkyl halides is 1. The number of amides is 3. The van der Waals surface area contributed by atoms with Crippen LogP contribution >= 0.6 is 11.6 Å². The number of imide groups is 1. The maximum atomic E-state index is 11.1. The molecule has 7 heteroatoms. The molecule has 1 atom stereocenters. The fourth-order valence-electron chi connectivity index (χ4n) is 1.10. The van der Waals surface area contributed by atoms with Crippen LogP contribution in [0.25, 0.3) is 0 Å². The van der Waals surface area contributed by atoms with Crippen LogP contribution in [0.2, 0.25) is 0 Å². The molecule has 0 aromatic carbocycles. The van der Waals surface area contributed by atoms with Gasteiger partial charge < -0.3 is 10.1 Å². The lowest BCUT2D eigenvalue weighted by Crippen LogP contribution is -2.35. The molecule has 78 valence electrons. The SMILES string of the molecule is COC(=O)[C@@H]1CN(C(=O)CCl)C(=O)N1. The van der Waals surface area contributed by atoms with E-state index in [4.69, 9.17) is 11.6 Å².